The van der Waals surface area contributed by atoms with Crippen LogP contribution in [0.2, 0.25) is 0 Å². The van der Waals surface area contributed by atoms with Gasteiger partial charge in [-0.15, -0.1) is 0 Å². The van der Waals surface area contributed by atoms with E-state index in [2.05, 4.69) is 5.32 Å². The number of amides is 1. The number of hydrogen-bond donors (Lipinski definition) is 2. The molecule has 0 saturated heterocycles. The molecule has 0 spiro atoms. The highest BCUT2D eigenvalue weighted by Crippen LogP contribution is 2.24. The molecular weight excluding hydrogens is 256 g/mol. The molecule has 0 heterocycles. The highest BCUT2D eigenvalue weighted by atomic mass is 16.6. The second kappa shape index (κ2) is 6.96. The van der Waals surface area contributed by atoms with Gasteiger partial charge in [0.15, 0.2) is 0 Å². The first-order chi connectivity index (χ1) is 9.35. The maximum Gasteiger partial charge on any atom is 0.412 e. The third-order valence-corrected chi connectivity index (χ3v) is 2.33. The third kappa shape index (κ3) is 5.32. The van der Waals surface area contributed by atoms with Crippen molar-refractivity contribution >= 4 is 17.9 Å². The first kappa shape index (κ1) is 16.0. The molecule has 1 amide bonds. The minimum atomic E-state index is -0.545. The summed E-state index contributed by atoms with van der Waals surface area (Å²) in [5.74, 6) is 0.654. The number of rotatable bonds is 4. The number of carbonyl (C=O) groups excluding carboxylic acids is 1. The summed E-state index contributed by atoms with van der Waals surface area (Å²) in [6, 6.07) is 5.40. The first-order valence-corrected chi connectivity index (χ1v) is 6.40. The second-order valence-corrected chi connectivity index (χ2v) is 5.22. The fourth-order valence-corrected chi connectivity index (χ4v) is 1.52. The van der Waals surface area contributed by atoms with Crippen molar-refractivity contribution < 1.29 is 14.3 Å². The molecular formula is C15H22N2O3. The number of anilines is 1. The van der Waals surface area contributed by atoms with Gasteiger partial charge in [0.05, 0.1) is 12.8 Å². The molecule has 0 bridgehead atoms. The lowest BCUT2D eigenvalue weighted by atomic mass is 10.1. The number of nitrogens with one attached hydrogen (secondary N) is 1. The molecule has 0 aliphatic rings. The summed E-state index contributed by atoms with van der Waals surface area (Å²) < 4.78 is 10.4. The van der Waals surface area contributed by atoms with E-state index in [1.54, 1.807) is 13.2 Å². The van der Waals surface area contributed by atoms with E-state index in [9.17, 15) is 4.79 Å². The Morgan fingerprint density at radius 1 is 1.40 bits per heavy atom. The Kier molecular flexibility index (Phi) is 5.58. The van der Waals surface area contributed by atoms with Crippen LogP contribution in [0.3, 0.4) is 0 Å². The number of methoxy groups -OCH3 is 1. The zero-order valence-electron chi connectivity index (χ0n) is 12.4. The van der Waals surface area contributed by atoms with E-state index in [1.165, 1.54) is 0 Å². The molecule has 110 valence electrons. The van der Waals surface area contributed by atoms with Gasteiger partial charge in [-0.3, -0.25) is 5.32 Å². The van der Waals surface area contributed by atoms with Crippen molar-refractivity contribution in [2.45, 2.75) is 26.4 Å². The Labute approximate surface area is 119 Å². The van der Waals surface area contributed by atoms with Crippen LogP contribution < -0.4 is 15.8 Å². The quantitative estimate of drug-likeness (QED) is 0.888. The van der Waals surface area contributed by atoms with Crippen molar-refractivity contribution in [2.24, 2.45) is 5.73 Å². The first-order valence-electron chi connectivity index (χ1n) is 6.40. The average Bonchev–Trinajstić information content (AvgIpc) is 2.34. The molecule has 1 rings (SSSR count). The van der Waals surface area contributed by atoms with E-state index in [-0.39, 0.29) is 0 Å². The van der Waals surface area contributed by atoms with Crippen LogP contribution in [-0.4, -0.2) is 25.3 Å². The van der Waals surface area contributed by atoms with Crippen LogP contribution in [0.4, 0.5) is 10.5 Å². The highest BCUT2D eigenvalue weighted by molar-refractivity contribution is 5.88. The number of carbonyl (C=O) groups is 1. The van der Waals surface area contributed by atoms with Crippen LogP contribution >= 0.6 is 0 Å². The lowest BCUT2D eigenvalue weighted by Gasteiger charge is -2.20. The summed E-state index contributed by atoms with van der Waals surface area (Å²) in [5.41, 5.74) is 6.35. The molecule has 5 nitrogen and oxygen atoms in total. The number of nitrogens with two attached hydrogens (primary N) is 1. The van der Waals surface area contributed by atoms with Gasteiger partial charge in [-0.25, -0.2) is 4.79 Å². The molecule has 5 heteroatoms. The predicted octanol–water partition coefficient (Wildman–Crippen LogP) is 3.01. The van der Waals surface area contributed by atoms with Crippen molar-refractivity contribution in [3.63, 3.8) is 0 Å². The van der Waals surface area contributed by atoms with E-state index in [0.29, 0.717) is 18.0 Å². The zero-order chi connectivity index (χ0) is 15.2. The predicted molar refractivity (Wildman–Crippen MR) is 80.9 cm³/mol. The van der Waals surface area contributed by atoms with Crippen LogP contribution in [0, 0.1) is 0 Å². The summed E-state index contributed by atoms with van der Waals surface area (Å²) in [4.78, 5) is 11.8. The number of hydrogen-bond acceptors (Lipinski definition) is 4. The monoisotopic (exact) mass is 278 g/mol. The zero-order valence-corrected chi connectivity index (χ0v) is 12.4. The van der Waals surface area contributed by atoms with Crippen LogP contribution in [0.5, 0.6) is 5.75 Å². The van der Waals surface area contributed by atoms with Crippen LogP contribution in [0.15, 0.2) is 24.3 Å². The van der Waals surface area contributed by atoms with Gasteiger partial charge in [-0.05, 0) is 38.5 Å². The molecule has 1 aromatic carbocycles. The molecule has 0 radical (unpaired) electrons. The van der Waals surface area contributed by atoms with Crippen molar-refractivity contribution in [1.82, 2.24) is 0 Å². The van der Waals surface area contributed by atoms with Crippen molar-refractivity contribution in [3.05, 3.63) is 29.8 Å². The molecule has 3 N–H and O–H groups in total. The van der Waals surface area contributed by atoms with E-state index >= 15 is 0 Å². The maximum atomic E-state index is 11.8. The Hall–Kier alpha value is -2.01. The summed E-state index contributed by atoms with van der Waals surface area (Å²) in [7, 11) is 1.57. The van der Waals surface area contributed by atoms with Crippen LogP contribution in [-0.2, 0) is 4.74 Å². The molecule has 0 unspecified atom stereocenters. The summed E-state index contributed by atoms with van der Waals surface area (Å²) in [6.07, 6.45) is 3.14. The van der Waals surface area contributed by atoms with Crippen LogP contribution in [0.25, 0.3) is 6.08 Å². The van der Waals surface area contributed by atoms with E-state index in [1.807, 2.05) is 45.1 Å². The molecule has 0 fully saturated rings. The topological polar surface area (TPSA) is 73.6 Å². The molecule has 0 aliphatic heterocycles. The van der Waals surface area contributed by atoms with E-state index in [0.717, 1.165) is 5.56 Å². The van der Waals surface area contributed by atoms with Crippen molar-refractivity contribution in [2.75, 3.05) is 19.0 Å². The SMILES string of the molecule is COc1ccc(/C=C/CN)c(NC(=O)OC(C)(C)C)c1. The highest BCUT2D eigenvalue weighted by Gasteiger charge is 2.17. The third-order valence-electron chi connectivity index (χ3n) is 2.33. The summed E-state index contributed by atoms with van der Waals surface area (Å²) in [6.45, 7) is 5.87. The molecule has 0 aromatic heterocycles. The van der Waals surface area contributed by atoms with Gasteiger partial charge >= 0.3 is 6.09 Å². The number of ether oxygens (including phenoxy) is 2. The standard InChI is InChI=1S/C15H22N2O3/c1-15(2,3)20-14(18)17-13-10-12(19-4)8-7-11(13)6-5-9-16/h5-8,10H,9,16H2,1-4H3,(H,17,18)/b6-5+. The van der Waals surface area contributed by atoms with Gasteiger partial charge in [0.1, 0.15) is 11.4 Å². The Balaban J connectivity index is 2.95. The van der Waals surface area contributed by atoms with Gasteiger partial charge in [-0.1, -0.05) is 12.2 Å². The lowest BCUT2D eigenvalue weighted by molar-refractivity contribution is 0.0636. The van der Waals surface area contributed by atoms with E-state index < -0.39 is 11.7 Å². The molecule has 1 aromatic rings. The smallest absolute Gasteiger partial charge is 0.412 e. The minimum absolute atomic E-state index is 0.428. The Morgan fingerprint density at radius 2 is 2.10 bits per heavy atom. The fourth-order valence-electron chi connectivity index (χ4n) is 1.52. The van der Waals surface area contributed by atoms with Crippen molar-refractivity contribution in [3.8, 4) is 5.75 Å². The lowest BCUT2D eigenvalue weighted by Crippen LogP contribution is -2.27. The Bertz CT molecular complexity index is 490. The molecule has 0 atom stereocenters. The van der Waals surface area contributed by atoms with Gasteiger partial charge in [0.2, 0.25) is 0 Å². The molecule has 20 heavy (non-hydrogen) atoms. The minimum Gasteiger partial charge on any atom is -0.497 e. The summed E-state index contributed by atoms with van der Waals surface area (Å²) >= 11 is 0. The Morgan fingerprint density at radius 3 is 2.65 bits per heavy atom. The van der Waals surface area contributed by atoms with Gasteiger partial charge in [0.25, 0.3) is 0 Å². The van der Waals surface area contributed by atoms with Gasteiger partial charge < -0.3 is 15.2 Å². The summed E-state index contributed by atoms with van der Waals surface area (Å²) in [5, 5.41) is 2.72. The van der Waals surface area contributed by atoms with Crippen molar-refractivity contribution in [1.29, 1.82) is 0 Å². The second-order valence-electron chi connectivity index (χ2n) is 5.22. The normalized spacial score (nSPS) is 11.4. The number of benzene rings is 1. The maximum absolute atomic E-state index is 11.8. The van der Waals surface area contributed by atoms with E-state index in [4.69, 9.17) is 15.2 Å². The largest absolute Gasteiger partial charge is 0.497 e. The molecule has 0 aliphatic carbocycles. The average molecular weight is 278 g/mol. The van der Waals surface area contributed by atoms with Crippen LogP contribution in [0.1, 0.15) is 26.3 Å². The molecule has 0 saturated carbocycles. The van der Waals surface area contributed by atoms with Gasteiger partial charge in [-0.2, -0.15) is 0 Å². The van der Waals surface area contributed by atoms with Gasteiger partial charge in [0, 0.05) is 12.6 Å². The fraction of sp³-hybridized carbons (Fsp3) is 0.400.